The van der Waals surface area contributed by atoms with Crippen molar-refractivity contribution in [3.63, 3.8) is 0 Å². The summed E-state index contributed by atoms with van der Waals surface area (Å²) in [5.74, 6) is -0.129. The van der Waals surface area contributed by atoms with Crippen LogP contribution >= 0.6 is 23.2 Å². The van der Waals surface area contributed by atoms with Gasteiger partial charge in [0.1, 0.15) is 21.3 Å². The van der Waals surface area contributed by atoms with Gasteiger partial charge < -0.3 is 0 Å². The molecule has 0 aliphatic carbocycles. The molecule has 0 aromatic carbocycles. The third kappa shape index (κ3) is 4.92. The van der Waals surface area contributed by atoms with Crippen molar-refractivity contribution in [2.75, 3.05) is 0 Å². The van der Waals surface area contributed by atoms with E-state index in [1.807, 2.05) is 0 Å². The molecule has 0 saturated heterocycles. The lowest BCUT2D eigenvalue weighted by Gasteiger charge is -2.16. The Labute approximate surface area is 119 Å². The van der Waals surface area contributed by atoms with E-state index in [1.165, 1.54) is 0 Å². The molecule has 7 heteroatoms. The van der Waals surface area contributed by atoms with E-state index in [0.29, 0.717) is 5.56 Å². The summed E-state index contributed by atoms with van der Waals surface area (Å²) in [7, 11) is -1.51. The number of carbonyl (C=O) groups excluding carboxylic acids is 1. The van der Waals surface area contributed by atoms with E-state index in [0.717, 1.165) is 0 Å². The van der Waals surface area contributed by atoms with Gasteiger partial charge in [-0.3, -0.25) is 9.52 Å². The highest BCUT2D eigenvalue weighted by Crippen LogP contribution is 2.16. The van der Waals surface area contributed by atoms with Gasteiger partial charge in [-0.1, -0.05) is 44.0 Å². The molecule has 0 spiro atoms. The smallest absolute Gasteiger partial charge is 0.237 e. The first-order valence-corrected chi connectivity index (χ1v) is 7.27. The minimum atomic E-state index is -1.51. The molecule has 100 valence electrons. The zero-order chi connectivity index (χ0) is 13.9. The van der Waals surface area contributed by atoms with E-state index in [1.54, 1.807) is 32.9 Å². The van der Waals surface area contributed by atoms with Crippen molar-refractivity contribution >= 4 is 40.1 Å². The molecule has 4 nitrogen and oxygen atoms in total. The van der Waals surface area contributed by atoms with Crippen LogP contribution < -0.4 is 4.72 Å². The highest BCUT2D eigenvalue weighted by atomic mass is 35.5. The Bertz CT molecular complexity index is 466. The zero-order valence-corrected chi connectivity index (χ0v) is 12.6. The molecule has 1 aromatic rings. The Morgan fingerprint density at radius 1 is 1.33 bits per heavy atom. The summed E-state index contributed by atoms with van der Waals surface area (Å²) in [6.07, 6.45) is 0. The molecule has 1 heterocycles. The van der Waals surface area contributed by atoms with Crippen molar-refractivity contribution in [2.45, 2.75) is 26.5 Å². The van der Waals surface area contributed by atoms with Crippen molar-refractivity contribution < 1.29 is 9.00 Å². The highest BCUT2D eigenvalue weighted by Gasteiger charge is 2.22. The first-order chi connectivity index (χ1) is 8.18. The van der Waals surface area contributed by atoms with Gasteiger partial charge in [-0.25, -0.2) is 9.19 Å². The van der Waals surface area contributed by atoms with Crippen molar-refractivity contribution in [2.24, 2.45) is 5.41 Å². The lowest BCUT2D eigenvalue weighted by molar-refractivity contribution is -0.126. The lowest BCUT2D eigenvalue weighted by Crippen LogP contribution is -2.36. The van der Waals surface area contributed by atoms with E-state index in [-0.39, 0.29) is 22.0 Å². The normalized spacial score (nSPS) is 13.2. The number of carbonyl (C=O) groups is 1. The maximum atomic E-state index is 11.8. The molecule has 1 N–H and O–H groups in total. The van der Waals surface area contributed by atoms with Crippen molar-refractivity contribution in [3.8, 4) is 0 Å². The highest BCUT2D eigenvalue weighted by molar-refractivity contribution is 7.82. The van der Waals surface area contributed by atoms with Gasteiger partial charge >= 0.3 is 0 Å². The number of amides is 1. The van der Waals surface area contributed by atoms with Gasteiger partial charge in [0, 0.05) is 5.41 Å². The molecule has 0 bridgehead atoms. The van der Waals surface area contributed by atoms with Gasteiger partial charge in [0.2, 0.25) is 5.91 Å². The van der Waals surface area contributed by atoms with E-state index >= 15 is 0 Å². The summed E-state index contributed by atoms with van der Waals surface area (Å²) in [6.45, 7) is 5.25. The number of halogens is 2. The third-order valence-electron chi connectivity index (χ3n) is 2.01. The molecule has 0 saturated carbocycles. The molecule has 0 aliphatic heterocycles. The van der Waals surface area contributed by atoms with Gasteiger partial charge in [-0.2, -0.15) is 0 Å². The van der Waals surface area contributed by atoms with Crippen LogP contribution in [0.25, 0.3) is 0 Å². The fourth-order valence-corrected chi connectivity index (χ4v) is 2.60. The monoisotopic (exact) mass is 308 g/mol. The SMILES string of the molecule is CC(C)(C)C(=O)N[S@@](=O)Cc1cc(Cl)nc(Cl)c1. The van der Waals surface area contributed by atoms with Crippen LogP contribution in [0, 0.1) is 5.41 Å². The van der Waals surface area contributed by atoms with Crippen LogP contribution in [0.1, 0.15) is 26.3 Å². The van der Waals surface area contributed by atoms with E-state index in [9.17, 15) is 9.00 Å². The van der Waals surface area contributed by atoms with Crippen LogP contribution in [0.15, 0.2) is 12.1 Å². The maximum Gasteiger partial charge on any atom is 0.237 e. The number of hydrogen-bond donors (Lipinski definition) is 1. The molecule has 1 amide bonds. The second-order valence-electron chi connectivity index (χ2n) is 4.79. The van der Waals surface area contributed by atoms with Crippen LogP contribution in [0.4, 0.5) is 0 Å². The van der Waals surface area contributed by atoms with Crippen molar-refractivity contribution in [3.05, 3.63) is 28.0 Å². The average Bonchev–Trinajstić information content (AvgIpc) is 2.13. The topological polar surface area (TPSA) is 59.1 Å². The minimum Gasteiger partial charge on any atom is -0.274 e. The molecule has 0 unspecified atom stereocenters. The number of pyridine rings is 1. The molecular weight excluding hydrogens is 295 g/mol. The average molecular weight is 309 g/mol. The Hall–Kier alpha value is -0.650. The quantitative estimate of drug-likeness (QED) is 0.873. The van der Waals surface area contributed by atoms with Gasteiger partial charge in [0.05, 0.1) is 5.75 Å². The molecule has 1 aromatic heterocycles. The molecule has 0 aliphatic rings. The predicted molar refractivity (Wildman–Crippen MR) is 73.7 cm³/mol. The Morgan fingerprint density at radius 3 is 2.28 bits per heavy atom. The molecule has 0 fully saturated rings. The largest absolute Gasteiger partial charge is 0.274 e. The standard InChI is InChI=1S/C11H14Cl2N2O2S/c1-11(2,3)10(16)15-18(17)6-7-4-8(12)14-9(13)5-7/h4-5H,6H2,1-3H3,(H,15,16)/t18-/m0/s1. The van der Waals surface area contributed by atoms with Crippen LogP contribution in [-0.2, 0) is 21.5 Å². The number of aromatic nitrogens is 1. The van der Waals surface area contributed by atoms with Crippen LogP contribution in [-0.4, -0.2) is 15.1 Å². The Balaban J connectivity index is 2.68. The molecule has 1 atom stereocenters. The predicted octanol–water partition coefficient (Wildman–Crippen LogP) is 2.71. The maximum absolute atomic E-state index is 11.8. The van der Waals surface area contributed by atoms with Gasteiger partial charge in [0.15, 0.2) is 0 Å². The minimum absolute atomic E-state index is 0.143. The van der Waals surface area contributed by atoms with Gasteiger partial charge in [0.25, 0.3) is 0 Å². The number of hydrogen-bond acceptors (Lipinski definition) is 3. The van der Waals surface area contributed by atoms with Crippen molar-refractivity contribution in [1.82, 2.24) is 9.71 Å². The second-order valence-corrected chi connectivity index (χ2v) is 6.75. The first-order valence-electron chi connectivity index (χ1n) is 5.20. The summed E-state index contributed by atoms with van der Waals surface area (Å²) in [6, 6.07) is 3.13. The van der Waals surface area contributed by atoms with E-state index in [4.69, 9.17) is 23.2 Å². The summed E-state index contributed by atoms with van der Waals surface area (Å²) >= 11 is 11.5. The third-order valence-corrected chi connectivity index (χ3v) is 3.40. The summed E-state index contributed by atoms with van der Waals surface area (Å²) in [5.41, 5.74) is 0.0796. The van der Waals surface area contributed by atoms with Crippen LogP contribution in [0.2, 0.25) is 10.3 Å². The van der Waals surface area contributed by atoms with E-state index < -0.39 is 16.4 Å². The fourth-order valence-electron chi connectivity index (χ4n) is 1.04. The second kappa shape index (κ2) is 5.99. The summed E-state index contributed by atoms with van der Waals surface area (Å²) in [5, 5.41) is 0.466. The molecule has 18 heavy (non-hydrogen) atoms. The summed E-state index contributed by atoms with van der Waals surface area (Å²) < 4.78 is 14.2. The van der Waals surface area contributed by atoms with Crippen LogP contribution in [0.5, 0.6) is 0 Å². The Kier molecular flexibility index (Phi) is 5.13. The fraction of sp³-hybridized carbons (Fsp3) is 0.455. The number of rotatable bonds is 3. The van der Waals surface area contributed by atoms with Crippen LogP contribution in [0.3, 0.4) is 0 Å². The van der Waals surface area contributed by atoms with Gasteiger partial charge in [-0.05, 0) is 17.7 Å². The van der Waals surface area contributed by atoms with Crippen molar-refractivity contribution in [1.29, 1.82) is 0 Å². The Morgan fingerprint density at radius 2 is 1.83 bits per heavy atom. The van der Waals surface area contributed by atoms with E-state index in [2.05, 4.69) is 9.71 Å². The van der Waals surface area contributed by atoms with Gasteiger partial charge in [-0.15, -0.1) is 0 Å². The zero-order valence-electron chi connectivity index (χ0n) is 10.3. The molecule has 1 rings (SSSR count). The number of nitrogens with one attached hydrogen (secondary N) is 1. The lowest BCUT2D eigenvalue weighted by atomic mass is 9.96. The molecular formula is C11H14Cl2N2O2S. The summed E-state index contributed by atoms with van der Waals surface area (Å²) in [4.78, 5) is 15.4. The number of nitrogens with zero attached hydrogens (tertiary/aromatic N) is 1. The molecule has 0 radical (unpaired) electrons. The first kappa shape index (κ1) is 15.4.